The van der Waals surface area contributed by atoms with E-state index in [2.05, 4.69) is 15.4 Å². The van der Waals surface area contributed by atoms with Crippen molar-refractivity contribution in [3.05, 3.63) is 86.8 Å². The summed E-state index contributed by atoms with van der Waals surface area (Å²) in [4.78, 5) is 16.4. The molecule has 0 aliphatic carbocycles. The molecular formula is C21H14ClF3N4O. The second-order valence-electron chi connectivity index (χ2n) is 7.06. The van der Waals surface area contributed by atoms with Crippen LogP contribution in [0.5, 0.6) is 0 Å². The number of aromatic amines is 1. The molecule has 0 radical (unpaired) electrons. The summed E-state index contributed by atoms with van der Waals surface area (Å²) in [5, 5.41) is 6.76. The van der Waals surface area contributed by atoms with Crippen LogP contribution < -0.4 is 10.9 Å². The Morgan fingerprint density at radius 2 is 1.83 bits per heavy atom. The third-order valence-electron chi connectivity index (χ3n) is 5.26. The fourth-order valence-electron chi connectivity index (χ4n) is 3.91. The minimum Gasteiger partial charge on any atom is -0.384 e. The third-order valence-corrected chi connectivity index (χ3v) is 5.51. The van der Waals surface area contributed by atoms with Gasteiger partial charge in [0.1, 0.15) is 0 Å². The highest BCUT2D eigenvalue weighted by Crippen LogP contribution is 2.42. The molecule has 0 spiro atoms. The average molecular weight is 431 g/mol. The Morgan fingerprint density at radius 1 is 1.10 bits per heavy atom. The maximum absolute atomic E-state index is 13.4. The van der Waals surface area contributed by atoms with Gasteiger partial charge in [-0.1, -0.05) is 41.9 Å². The van der Waals surface area contributed by atoms with Crippen LogP contribution >= 0.6 is 11.6 Å². The van der Waals surface area contributed by atoms with Gasteiger partial charge in [-0.2, -0.15) is 13.2 Å². The molecule has 2 N–H and O–H groups in total. The highest BCUT2D eigenvalue weighted by molar-refractivity contribution is 6.30. The highest BCUT2D eigenvalue weighted by Gasteiger charge is 2.36. The first kappa shape index (κ1) is 18.7. The second kappa shape index (κ2) is 6.63. The lowest BCUT2D eigenvalue weighted by atomic mass is 9.91. The van der Waals surface area contributed by atoms with E-state index in [4.69, 9.17) is 11.6 Å². The van der Waals surface area contributed by atoms with Crippen molar-refractivity contribution in [1.82, 2.24) is 14.6 Å². The quantitative estimate of drug-likeness (QED) is 0.474. The van der Waals surface area contributed by atoms with Crippen LogP contribution in [0.2, 0.25) is 5.02 Å². The van der Waals surface area contributed by atoms with Crippen molar-refractivity contribution in [3.63, 3.8) is 0 Å². The molecule has 0 fully saturated rings. The lowest BCUT2D eigenvalue weighted by molar-refractivity contribution is -0.141. The molecule has 2 aromatic heterocycles. The molecule has 4 aromatic rings. The van der Waals surface area contributed by atoms with Crippen molar-refractivity contribution in [2.24, 2.45) is 0 Å². The number of halogens is 4. The molecule has 5 rings (SSSR count). The van der Waals surface area contributed by atoms with Crippen LogP contribution in [0.3, 0.4) is 0 Å². The number of hydrogen-bond donors (Lipinski definition) is 2. The molecule has 0 bridgehead atoms. The number of rotatable bonds is 2. The summed E-state index contributed by atoms with van der Waals surface area (Å²) in [5.74, 6) is -0.288. The Bertz CT molecular complexity index is 1330. The van der Waals surface area contributed by atoms with Gasteiger partial charge in [0.2, 0.25) is 0 Å². The summed E-state index contributed by atoms with van der Waals surface area (Å²) in [5.41, 5.74) is 1.50. The van der Waals surface area contributed by atoms with E-state index in [0.29, 0.717) is 34.5 Å². The van der Waals surface area contributed by atoms with E-state index >= 15 is 0 Å². The fraction of sp³-hybridized carbons (Fsp3) is 0.143. The first-order valence-electron chi connectivity index (χ1n) is 9.14. The van der Waals surface area contributed by atoms with Crippen molar-refractivity contribution < 1.29 is 13.2 Å². The molecule has 9 heteroatoms. The van der Waals surface area contributed by atoms with Gasteiger partial charge >= 0.3 is 6.18 Å². The van der Waals surface area contributed by atoms with Crippen LogP contribution in [-0.4, -0.2) is 21.1 Å². The van der Waals surface area contributed by atoms with Gasteiger partial charge in [0.15, 0.2) is 11.3 Å². The van der Waals surface area contributed by atoms with Gasteiger partial charge in [-0.3, -0.25) is 9.89 Å². The van der Waals surface area contributed by atoms with Crippen LogP contribution in [0.1, 0.15) is 22.7 Å². The summed E-state index contributed by atoms with van der Waals surface area (Å²) < 4.78 is 41.2. The first-order chi connectivity index (χ1) is 14.3. The van der Waals surface area contributed by atoms with Crippen molar-refractivity contribution in [3.8, 4) is 11.3 Å². The SMILES string of the molecule is O=c1cc(C(F)(F)F)nc2c(C3CNc4ccccc43)c(-c3ccc(Cl)cc3)[nH]n12. The molecule has 0 saturated carbocycles. The Balaban J connectivity index is 1.84. The Labute approximate surface area is 173 Å². The third kappa shape index (κ3) is 2.95. The van der Waals surface area contributed by atoms with Crippen LogP contribution in [0, 0.1) is 0 Å². The predicted octanol–water partition coefficient (Wildman–Crippen LogP) is 4.92. The maximum Gasteiger partial charge on any atom is 0.433 e. The highest BCUT2D eigenvalue weighted by atomic mass is 35.5. The number of nitrogens with one attached hydrogen (secondary N) is 2. The van der Waals surface area contributed by atoms with Crippen LogP contribution in [0.4, 0.5) is 18.9 Å². The maximum atomic E-state index is 13.4. The van der Waals surface area contributed by atoms with E-state index in [1.807, 2.05) is 24.3 Å². The number of benzene rings is 2. The average Bonchev–Trinajstić information content (AvgIpc) is 3.29. The molecule has 1 aliphatic rings. The van der Waals surface area contributed by atoms with Crippen molar-refractivity contribution >= 4 is 22.9 Å². The Morgan fingerprint density at radius 3 is 2.57 bits per heavy atom. The molecule has 3 heterocycles. The summed E-state index contributed by atoms with van der Waals surface area (Å²) in [6, 6.07) is 15.0. The molecule has 1 aliphatic heterocycles. The summed E-state index contributed by atoms with van der Waals surface area (Å²) in [7, 11) is 0. The summed E-state index contributed by atoms with van der Waals surface area (Å²) in [6.45, 7) is 0.472. The number of nitrogens with zero attached hydrogens (tertiary/aromatic N) is 2. The van der Waals surface area contributed by atoms with Crippen molar-refractivity contribution in [2.75, 3.05) is 11.9 Å². The smallest absolute Gasteiger partial charge is 0.384 e. The zero-order valence-electron chi connectivity index (χ0n) is 15.3. The van der Waals surface area contributed by atoms with E-state index in [1.165, 1.54) is 0 Å². The number of para-hydroxylation sites is 1. The fourth-order valence-corrected chi connectivity index (χ4v) is 4.03. The van der Waals surface area contributed by atoms with Crippen LogP contribution in [0.15, 0.2) is 59.4 Å². The van der Waals surface area contributed by atoms with E-state index in [9.17, 15) is 18.0 Å². The molecular weight excluding hydrogens is 417 g/mol. The molecule has 30 heavy (non-hydrogen) atoms. The van der Waals surface area contributed by atoms with E-state index in [-0.39, 0.29) is 11.6 Å². The molecule has 1 atom stereocenters. The van der Waals surface area contributed by atoms with Crippen LogP contribution in [0.25, 0.3) is 16.9 Å². The van der Waals surface area contributed by atoms with Gasteiger partial charge in [0, 0.05) is 34.8 Å². The number of aromatic nitrogens is 3. The largest absolute Gasteiger partial charge is 0.433 e. The predicted molar refractivity (Wildman–Crippen MR) is 108 cm³/mol. The van der Waals surface area contributed by atoms with Crippen molar-refractivity contribution in [1.29, 1.82) is 0 Å². The zero-order valence-corrected chi connectivity index (χ0v) is 16.1. The van der Waals surface area contributed by atoms with E-state index in [1.54, 1.807) is 24.3 Å². The lowest BCUT2D eigenvalue weighted by Crippen LogP contribution is -2.20. The summed E-state index contributed by atoms with van der Waals surface area (Å²) in [6.07, 6.45) is -4.73. The number of alkyl halides is 3. The minimum atomic E-state index is -4.73. The lowest BCUT2D eigenvalue weighted by Gasteiger charge is -2.12. The van der Waals surface area contributed by atoms with Crippen molar-refractivity contribution in [2.45, 2.75) is 12.1 Å². The standard InChI is InChI=1S/C21H14ClF3N4O/c22-12-7-5-11(6-8-12)19-18(14-10-26-15-4-2-1-3-13(14)15)20-27-16(21(23,24)25)9-17(30)29(20)28-19/h1-9,14,26,28H,10H2. The van der Waals surface area contributed by atoms with Gasteiger partial charge in [-0.15, -0.1) is 0 Å². The monoisotopic (exact) mass is 430 g/mol. The van der Waals surface area contributed by atoms with Gasteiger partial charge in [-0.05, 0) is 29.3 Å². The first-order valence-corrected chi connectivity index (χ1v) is 9.52. The molecule has 1 unspecified atom stereocenters. The van der Waals surface area contributed by atoms with E-state index < -0.39 is 17.4 Å². The number of fused-ring (bicyclic) bond motifs is 2. The number of H-pyrrole nitrogens is 1. The number of anilines is 1. The van der Waals surface area contributed by atoms with Gasteiger partial charge in [0.25, 0.3) is 5.56 Å². The topological polar surface area (TPSA) is 62.2 Å². The van der Waals surface area contributed by atoms with Gasteiger partial charge in [0.05, 0.1) is 5.69 Å². The molecule has 0 saturated heterocycles. The molecule has 0 amide bonds. The van der Waals surface area contributed by atoms with Crippen LogP contribution in [-0.2, 0) is 6.18 Å². The van der Waals surface area contributed by atoms with Gasteiger partial charge < -0.3 is 5.32 Å². The molecule has 2 aromatic carbocycles. The molecule has 152 valence electrons. The number of hydrogen-bond acceptors (Lipinski definition) is 3. The summed E-state index contributed by atoms with van der Waals surface area (Å²) >= 11 is 6.00. The Kier molecular flexibility index (Phi) is 4.14. The molecule has 5 nitrogen and oxygen atoms in total. The second-order valence-corrected chi connectivity index (χ2v) is 7.50. The normalized spacial score (nSPS) is 15.9. The van der Waals surface area contributed by atoms with E-state index in [0.717, 1.165) is 15.8 Å². The minimum absolute atomic E-state index is 0.0386. The Hall–Kier alpha value is -3.26. The van der Waals surface area contributed by atoms with Gasteiger partial charge in [-0.25, -0.2) is 9.50 Å². The zero-order chi connectivity index (χ0) is 21.0.